The summed E-state index contributed by atoms with van der Waals surface area (Å²) in [4.78, 5) is 4.00. The van der Waals surface area contributed by atoms with Crippen molar-refractivity contribution in [2.24, 2.45) is 0 Å². The van der Waals surface area contributed by atoms with Crippen LogP contribution in [-0.2, 0) is 6.42 Å². The molecule has 0 spiro atoms. The van der Waals surface area contributed by atoms with Gasteiger partial charge >= 0.3 is 0 Å². The van der Waals surface area contributed by atoms with Crippen molar-refractivity contribution in [3.8, 4) is 0 Å². The number of benzene rings is 1. The molecule has 0 fully saturated rings. The van der Waals surface area contributed by atoms with Gasteiger partial charge in [-0.15, -0.1) is 0 Å². The van der Waals surface area contributed by atoms with Crippen LogP contribution in [0.25, 0.3) is 0 Å². The van der Waals surface area contributed by atoms with E-state index in [1.807, 2.05) is 18.2 Å². The van der Waals surface area contributed by atoms with Crippen LogP contribution in [0.5, 0.6) is 0 Å². The highest BCUT2D eigenvalue weighted by atomic mass is 35.5. The van der Waals surface area contributed by atoms with Crippen LogP contribution in [0.4, 0.5) is 4.39 Å². The van der Waals surface area contributed by atoms with Crippen molar-refractivity contribution >= 4 is 11.6 Å². The molecule has 0 bridgehead atoms. The van der Waals surface area contributed by atoms with Crippen molar-refractivity contribution < 1.29 is 4.39 Å². The number of hydrogen-bond acceptors (Lipinski definition) is 2. The van der Waals surface area contributed by atoms with Gasteiger partial charge < -0.3 is 5.32 Å². The van der Waals surface area contributed by atoms with Gasteiger partial charge in [-0.2, -0.15) is 0 Å². The van der Waals surface area contributed by atoms with E-state index in [2.05, 4.69) is 17.2 Å². The van der Waals surface area contributed by atoms with E-state index in [-0.39, 0.29) is 11.7 Å². The molecule has 0 aliphatic carbocycles. The Hall–Kier alpha value is -1.45. The zero-order chi connectivity index (χ0) is 14.4. The Balaban J connectivity index is 2.19. The molecule has 20 heavy (non-hydrogen) atoms. The highest BCUT2D eigenvalue weighted by Crippen LogP contribution is 2.24. The van der Waals surface area contributed by atoms with Gasteiger partial charge in [0.1, 0.15) is 5.82 Å². The first-order valence-electron chi connectivity index (χ1n) is 6.75. The second-order valence-electron chi connectivity index (χ2n) is 4.73. The van der Waals surface area contributed by atoms with Gasteiger partial charge in [0.2, 0.25) is 0 Å². The number of rotatable bonds is 6. The molecule has 4 heteroatoms. The maximum absolute atomic E-state index is 13.0. The van der Waals surface area contributed by atoms with Gasteiger partial charge in [-0.25, -0.2) is 4.39 Å². The first-order chi connectivity index (χ1) is 9.70. The number of nitrogens with one attached hydrogen (secondary N) is 1. The number of pyridine rings is 1. The summed E-state index contributed by atoms with van der Waals surface area (Å²) in [7, 11) is 0. The molecule has 106 valence electrons. The van der Waals surface area contributed by atoms with E-state index in [4.69, 9.17) is 11.6 Å². The number of aromatic nitrogens is 1. The summed E-state index contributed by atoms with van der Waals surface area (Å²) in [6.07, 6.45) is 4.21. The Labute approximate surface area is 124 Å². The van der Waals surface area contributed by atoms with E-state index < -0.39 is 0 Å². The maximum Gasteiger partial charge on any atom is 0.123 e. The predicted octanol–water partition coefficient (Wildman–Crippen LogP) is 3.81. The van der Waals surface area contributed by atoms with Crippen LogP contribution in [0.2, 0.25) is 5.02 Å². The SMILES string of the molecule is CCNCC(Cc1ccncc1Cl)c1ccc(F)cc1. The molecule has 2 rings (SSSR count). The standard InChI is InChI=1S/C16H18ClFN2/c1-2-19-10-14(12-3-5-15(18)6-4-12)9-13-7-8-20-11-16(13)17/h3-8,11,14,19H,2,9-10H2,1H3. The van der Waals surface area contributed by atoms with Crippen molar-refractivity contribution in [1.82, 2.24) is 10.3 Å². The Morgan fingerprint density at radius 2 is 2.00 bits per heavy atom. The summed E-state index contributed by atoms with van der Waals surface area (Å²) < 4.78 is 13.0. The fraction of sp³-hybridized carbons (Fsp3) is 0.312. The Morgan fingerprint density at radius 1 is 1.25 bits per heavy atom. The zero-order valence-electron chi connectivity index (χ0n) is 11.4. The molecule has 1 atom stereocenters. The van der Waals surface area contributed by atoms with Crippen LogP contribution >= 0.6 is 11.6 Å². The van der Waals surface area contributed by atoms with Gasteiger partial charge in [0.15, 0.2) is 0 Å². The number of hydrogen-bond donors (Lipinski definition) is 1. The summed E-state index contributed by atoms with van der Waals surface area (Å²) in [6, 6.07) is 8.62. The molecule has 0 radical (unpaired) electrons. The zero-order valence-corrected chi connectivity index (χ0v) is 12.2. The smallest absolute Gasteiger partial charge is 0.123 e. The first kappa shape index (κ1) is 14.9. The molecule has 0 aliphatic heterocycles. The van der Waals surface area contributed by atoms with E-state index >= 15 is 0 Å². The second-order valence-corrected chi connectivity index (χ2v) is 5.13. The molecule has 2 aromatic rings. The molecule has 1 N–H and O–H groups in total. The first-order valence-corrected chi connectivity index (χ1v) is 7.13. The van der Waals surface area contributed by atoms with Gasteiger partial charge in [0.05, 0.1) is 5.02 Å². The lowest BCUT2D eigenvalue weighted by Crippen LogP contribution is -2.22. The van der Waals surface area contributed by atoms with Crippen molar-refractivity contribution in [2.45, 2.75) is 19.3 Å². The molecule has 0 saturated heterocycles. The molecular formula is C16H18ClFN2. The predicted molar refractivity (Wildman–Crippen MR) is 80.6 cm³/mol. The number of halogens is 2. The summed E-state index contributed by atoms with van der Waals surface area (Å²) in [5.41, 5.74) is 2.18. The highest BCUT2D eigenvalue weighted by Gasteiger charge is 2.14. The molecule has 1 unspecified atom stereocenters. The van der Waals surface area contributed by atoms with Crippen molar-refractivity contribution in [3.63, 3.8) is 0 Å². The fourth-order valence-electron chi connectivity index (χ4n) is 2.20. The molecule has 2 nitrogen and oxygen atoms in total. The quantitative estimate of drug-likeness (QED) is 0.876. The van der Waals surface area contributed by atoms with Gasteiger partial charge in [-0.05, 0) is 42.3 Å². The van der Waals surface area contributed by atoms with E-state index in [1.54, 1.807) is 12.4 Å². The Kier molecular flexibility index (Phi) is 5.50. The third-order valence-electron chi connectivity index (χ3n) is 3.30. The third kappa shape index (κ3) is 4.02. The van der Waals surface area contributed by atoms with Crippen LogP contribution in [0.3, 0.4) is 0 Å². The van der Waals surface area contributed by atoms with E-state index in [9.17, 15) is 4.39 Å². The largest absolute Gasteiger partial charge is 0.316 e. The van der Waals surface area contributed by atoms with Crippen LogP contribution < -0.4 is 5.32 Å². The number of likely N-dealkylation sites (N-methyl/N-ethyl adjacent to an activating group) is 1. The molecule has 1 heterocycles. The Bertz CT molecular complexity index is 542. The molecular weight excluding hydrogens is 275 g/mol. The minimum absolute atomic E-state index is 0.210. The average molecular weight is 293 g/mol. The summed E-state index contributed by atoms with van der Waals surface area (Å²) in [5.74, 6) is 0.0494. The molecule has 1 aromatic carbocycles. The average Bonchev–Trinajstić information content (AvgIpc) is 2.46. The molecule has 0 saturated carbocycles. The second kappa shape index (κ2) is 7.36. The van der Waals surface area contributed by atoms with Crippen LogP contribution in [0.1, 0.15) is 24.0 Å². The summed E-state index contributed by atoms with van der Waals surface area (Å²) in [5, 5.41) is 4.03. The Morgan fingerprint density at radius 3 is 2.65 bits per heavy atom. The van der Waals surface area contributed by atoms with E-state index in [0.29, 0.717) is 5.02 Å². The molecule has 0 aliphatic rings. The van der Waals surface area contributed by atoms with E-state index in [1.165, 1.54) is 12.1 Å². The van der Waals surface area contributed by atoms with Gasteiger partial charge in [-0.1, -0.05) is 30.7 Å². The molecule has 1 aromatic heterocycles. The summed E-state index contributed by atoms with van der Waals surface area (Å²) in [6.45, 7) is 3.81. The lowest BCUT2D eigenvalue weighted by molar-refractivity contribution is 0.590. The van der Waals surface area contributed by atoms with Gasteiger partial charge in [-0.3, -0.25) is 4.98 Å². The topological polar surface area (TPSA) is 24.9 Å². The van der Waals surface area contributed by atoms with Crippen molar-refractivity contribution in [3.05, 3.63) is 64.7 Å². The third-order valence-corrected chi connectivity index (χ3v) is 3.65. The van der Waals surface area contributed by atoms with Crippen LogP contribution in [0, 0.1) is 5.82 Å². The number of nitrogens with zero attached hydrogens (tertiary/aromatic N) is 1. The highest BCUT2D eigenvalue weighted by molar-refractivity contribution is 6.31. The lowest BCUT2D eigenvalue weighted by atomic mass is 9.92. The normalized spacial score (nSPS) is 12.3. The van der Waals surface area contributed by atoms with Gasteiger partial charge in [0, 0.05) is 24.9 Å². The lowest BCUT2D eigenvalue weighted by Gasteiger charge is -2.18. The van der Waals surface area contributed by atoms with Crippen molar-refractivity contribution in [2.75, 3.05) is 13.1 Å². The van der Waals surface area contributed by atoms with Gasteiger partial charge in [0.25, 0.3) is 0 Å². The minimum Gasteiger partial charge on any atom is -0.316 e. The molecule has 0 amide bonds. The summed E-state index contributed by atoms with van der Waals surface area (Å²) >= 11 is 6.17. The fourth-order valence-corrected chi connectivity index (χ4v) is 2.39. The van der Waals surface area contributed by atoms with Crippen LogP contribution in [-0.4, -0.2) is 18.1 Å². The van der Waals surface area contributed by atoms with Crippen molar-refractivity contribution in [1.29, 1.82) is 0 Å². The van der Waals surface area contributed by atoms with Crippen LogP contribution in [0.15, 0.2) is 42.7 Å². The van der Waals surface area contributed by atoms with E-state index in [0.717, 1.165) is 30.6 Å². The maximum atomic E-state index is 13.0. The minimum atomic E-state index is -0.210. The monoisotopic (exact) mass is 292 g/mol.